The van der Waals surface area contributed by atoms with Gasteiger partial charge in [-0.15, -0.1) is 0 Å². The van der Waals surface area contributed by atoms with Crippen molar-refractivity contribution < 1.29 is 14.3 Å². The molecule has 142 valence electrons. The summed E-state index contributed by atoms with van der Waals surface area (Å²) in [5, 5.41) is 4.85. The van der Waals surface area contributed by atoms with Crippen LogP contribution in [-0.2, 0) is 4.74 Å². The Morgan fingerprint density at radius 3 is 2.73 bits per heavy atom. The number of aromatic nitrogens is 2. The molecule has 3 rings (SSSR count). The molecule has 0 saturated carbocycles. The van der Waals surface area contributed by atoms with Crippen LogP contribution in [0.5, 0.6) is 0 Å². The molecule has 1 aromatic heterocycles. The maximum Gasteiger partial charge on any atom is 0.342 e. The molecule has 0 spiro atoms. The van der Waals surface area contributed by atoms with Crippen LogP contribution < -0.4 is 4.90 Å². The topological polar surface area (TPSA) is 64.4 Å². The number of ether oxygens (including phenoxy) is 1. The van der Waals surface area contributed by atoms with Crippen molar-refractivity contribution in [3.05, 3.63) is 46.2 Å². The Kier molecular flexibility index (Phi) is 7.29. The molecule has 0 bridgehead atoms. The van der Waals surface area contributed by atoms with Crippen molar-refractivity contribution in [1.29, 1.82) is 0 Å². The van der Waals surface area contributed by atoms with E-state index in [1.165, 1.54) is 6.20 Å². The third kappa shape index (κ3) is 3.73. The zero-order chi connectivity index (χ0) is 17.4. The fourth-order valence-corrected chi connectivity index (χ4v) is 2.96. The van der Waals surface area contributed by atoms with Gasteiger partial charge in [0, 0.05) is 17.3 Å². The molecule has 0 unspecified atom stereocenters. The van der Waals surface area contributed by atoms with E-state index in [0.29, 0.717) is 11.6 Å². The molecule has 1 aromatic carbocycles. The number of carbonyl (C=O) groups excluding carboxylic acids is 2. The number of hydrogen-bond acceptors (Lipinski definition) is 4. The normalized spacial score (nSPS) is 15.6. The second kappa shape index (κ2) is 8.60. The van der Waals surface area contributed by atoms with Crippen LogP contribution >= 0.6 is 25.1 Å². The van der Waals surface area contributed by atoms with Crippen molar-refractivity contribution >= 4 is 42.7 Å². The molecule has 2 heterocycles. The summed E-state index contributed by atoms with van der Waals surface area (Å²) in [7, 11) is 0. The van der Waals surface area contributed by atoms with Crippen LogP contribution in [0.15, 0.2) is 24.4 Å². The van der Waals surface area contributed by atoms with Crippen LogP contribution in [0, 0.1) is 6.92 Å². The molecule has 0 radical (unpaired) electrons. The third-order valence-electron chi connectivity index (χ3n) is 4.06. The number of fused-ring (bicyclic) bond motifs is 1. The van der Waals surface area contributed by atoms with Gasteiger partial charge in [0.15, 0.2) is 0 Å². The Hall–Kier alpha value is -1.99. The van der Waals surface area contributed by atoms with Crippen molar-refractivity contribution in [1.82, 2.24) is 9.78 Å². The fourth-order valence-electron chi connectivity index (χ4n) is 2.84. The van der Waals surface area contributed by atoms with E-state index in [0.717, 1.165) is 11.3 Å². The van der Waals surface area contributed by atoms with E-state index >= 15 is 0 Å². The molecule has 1 aliphatic rings. The number of amides is 1. The Morgan fingerprint density at radius 2 is 2.12 bits per heavy atom. The van der Waals surface area contributed by atoms with Crippen molar-refractivity contribution in [3.8, 4) is 0 Å². The summed E-state index contributed by atoms with van der Waals surface area (Å²) in [6, 6.07) is 5.37. The van der Waals surface area contributed by atoms with Gasteiger partial charge in [-0.1, -0.05) is 19.0 Å². The Morgan fingerprint density at radius 1 is 1.42 bits per heavy atom. The number of nitrogens with zero attached hydrogens (tertiary/aromatic N) is 3. The lowest BCUT2D eigenvalue weighted by molar-refractivity contribution is 0.0522. The number of rotatable bonds is 3. The molecule has 2 aromatic rings. The number of carbonyl (C=O) groups is 2. The molecular formula is C18H24ClN3O3S. The highest BCUT2D eigenvalue weighted by Crippen LogP contribution is 2.30. The second-order valence-corrected chi connectivity index (χ2v) is 6.18. The van der Waals surface area contributed by atoms with Crippen LogP contribution in [0.25, 0.3) is 0 Å². The summed E-state index contributed by atoms with van der Waals surface area (Å²) in [4.78, 5) is 26.7. The first-order valence-corrected chi connectivity index (χ1v) is 8.14. The molecule has 8 heteroatoms. The minimum atomic E-state index is -0.534. The number of benzene rings is 1. The van der Waals surface area contributed by atoms with Gasteiger partial charge >= 0.3 is 5.97 Å². The molecule has 0 N–H and O–H groups in total. The van der Waals surface area contributed by atoms with Crippen molar-refractivity contribution in [2.45, 2.75) is 34.2 Å². The van der Waals surface area contributed by atoms with Gasteiger partial charge < -0.3 is 9.64 Å². The van der Waals surface area contributed by atoms with E-state index < -0.39 is 5.97 Å². The zero-order valence-corrected chi connectivity index (χ0v) is 16.0. The summed E-state index contributed by atoms with van der Waals surface area (Å²) in [5.41, 5.74) is 2.10. The highest BCUT2D eigenvalue weighted by Gasteiger charge is 2.35. The van der Waals surface area contributed by atoms with Gasteiger partial charge in [0.25, 0.3) is 5.91 Å². The first-order valence-electron chi connectivity index (χ1n) is 7.76. The highest BCUT2D eigenvalue weighted by molar-refractivity contribution is 7.59. The van der Waals surface area contributed by atoms with Crippen LogP contribution in [-0.4, -0.2) is 34.8 Å². The minimum Gasteiger partial charge on any atom is -0.462 e. The first-order chi connectivity index (χ1) is 11.4. The minimum absolute atomic E-state index is 0. The van der Waals surface area contributed by atoms with Crippen molar-refractivity contribution in [2.75, 3.05) is 18.1 Å². The Labute approximate surface area is 165 Å². The summed E-state index contributed by atoms with van der Waals surface area (Å²) in [6.45, 7) is 6.27. The van der Waals surface area contributed by atoms with Crippen molar-refractivity contribution in [3.63, 3.8) is 0 Å². The summed E-state index contributed by atoms with van der Waals surface area (Å²) in [6.07, 6.45) is 1.40. The molecule has 26 heavy (non-hydrogen) atoms. The molecule has 0 fully saturated rings. The molecular weight excluding hydrogens is 374 g/mol. The third-order valence-corrected chi connectivity index (χ3v) is 4.48. The second-order valence-electron chi connectivity index (χ2n) is 5.77. The monoisotopic (exact) mass is 397 g/mol. The molecule has 0 saturated heterocycles. The van der Waals surface area contributed by atoms with Gasteiger partial charge in [0.2, 0.25) is 0 Å². The predicted molar refractivity (Wildman–Crippen MR) is 108 cm³/mol. The molecule has 6 nitrogen and oxygen atoms in total. The van der Waals surface area contributed by atoms with E-state index in [4.69, 9.17) is 16.3 Å². The number of hydrogen-bond donors (Lipinski definition) is 0. The molecule has 0 aliphatic carbocycles. The largest absolute Gasteiger partial charge is 0.462 e. The van der Waals surface area contributed by atoms with Crippen LogP contribution in [0.3, 0.4) is 0 Å². The summed E-state index contributed by atoms with van der Waals surface area (Å²) >= 11 is 6.07. The van der Waals surface area contributed by atoms with E-state index in [1.54, 1.807) is 28.6 Å². The lowest BCUT2D eigenvalue weighted by Gasteiger charge is -2.32. The lowest BCUT2D eigenvalue weighted by atomic mass is 10.1. The van der Waals surface area contributed by atoms with E-state index in [1.807, 2.05) is 19.9 Å². The van der Waals surface area contributed by atoms with Crippen LogP contribution in [0.1, 0.15) is 53.7 Å². The lowest BCUT2D eigenvalue weighted by Crippen LogP contribution is -2.43. The maximum absolute atomic E-state index is 13.0. The van der Waals surface area contributed by atoms with Crippen LogP contribution in [0.4, 0.5) is 5.69 Å². The van der Waals surface area contributed by atoms with Gasteiger partial charge in [-0.05, 0) is 44.5 Å². The smallest absolute Gasteiger partial charge is 0.342 e. The maximum atomic E-state index is 13.0. The average molecular weight is 398 g/mol. The Bertz CT molecular complexity index is 822. The number of esters is 1. The van der Waals surface area contributed by atoms with Gasteiger partial charge in [0.1, 0.15) is 11.3 Å². The molecule has 1 amide bonds. The van der Waals surface area contributed by atoms with E-state index in [9.17, 15) is 9.59 Å². The number of aryl methyl sites for hydroxylation is 1. The average Bonchev–Trinajstić information content (AvgIpc) is 3.00. The first kappa shape index (κ1) is 22.1. The quantitative estimate of drug-likeness (QED) is 0.734. The van der Waals surface area contributed by atoms with Gasteiger partial charge in [-0.2, -0.15) is 18.6 Å². The van der Waals surface area contributed by atoms with Gasteiger partial charge in [-0.3, -0.25) is 9.48 Å². The summed E-state index contributed by atoms with van der Waals surface area (Å²) in [5.74, 6) is -0.802. The van der Waals surface area contributed by atoms with Gasteiger partial charge in [-0.25, -0.2) is 4.79 Å². The zero-order valence-electron chi connectivity index (χ0n) is 14.2. The van der Waals surface area contributed by atoms with E-state index in [-0.39, 0.29) is 50.7 Å². The van der Waals surface area contributed by atoms with Crippen molar-refractivity contribution in [2.24, 2.45) is 0 Å². The molecule has 1 atom stereocenters. The predicted octanol–water partition coefficient (Wildman–Crippen LogP) is 3.99. The number of anilines is 1. The fraction of sp³-hybridized carbons (Fsp3) is 0.389. The highest BCUT2D eigenvalue weighted by atomic mass is 35.5. The summed E-state index contributed by atoms with van der Waals surface area (Å²) < 4.78 is 6.62. The standard InChI is InChI=1S/C17H18ClN3O3.CH4.H2S/c1-4-24-17(23)13-8-19-21-11(3)9-20(16(22)15(13)21)12-5-6-14(18)10(2)7-12;;/h5-8,11H,4,9H2,1-3H3;1H4;1H2/t11-;;/m0../s1. The SMILES string of the molecule is C.CCOC(=O)c1cnn2c1C(=O)N(c1ccc(Cl)c(C)c1)C[C@@H]2C.S. The molecule has 1 aliphatic heterocycles. The van der Waals surface area contributed by atoms with Crippen LogP contribution in [0.2, 0.25) is 5.02 Å². The van der Waals surface area contributed by atoms with E-state index in [2.05, 4.69) is 5.10 Å². The Balaban J connectivity index is 0.00000169. The number of halogens is 1. The van der Waals surface area contributed by atoms with Gasteiger partial charge in [0.05, 0.1) is 18.8 Å².